The standard InChI is InChI=1S/C13H29NO4/c1-8-15-12(5)18-11(4)14(7)13(6,16-9-2)17-10-3/h11-12H,8-10H2,1-7H3. The number of ether oxygens (including phenoxy) is 4. The van der Waals surface area contributed by atoms with Gasteiger partial charge in [-0.1, -0.05) is 0 Å². The fourth-order valence-corrected chi connectivity index (χ4v) is 1.75. The van der Waals surface area contributed by atoms with Gasteiger partial charge in [-0.2, -0.15) is 0 Å². The third kappa shape index (κ3) is 5.63. The van der Waals surface area contributed by atoms with Crippen molar-refractivity contribution in [2.75, 3.05) is 26.9 Å². The summed E-state index contributed by atoms with van der Waals surface area (Å²) in [7, 11) is 1.91. The minimum Gasteiger partial charge on any atom is -0.353 e. The van der Waals surface area contributed by atoms with Crippen molar-refractivity contribution in [1.82, 2.24) is 4.90 Å². The van der Waals surface area contributed by atoms with Gasteiger partial charge in [-0.15, -0.1) is 0 Å². The van der Waals surface area contributed by atoms with Crippen molar-refractivity contribution in [2.24, 2.45) is 0 Å². The summed E-state index contributed by atoms with van der Waals surface area (Å²) < 4.78 is 22.5. The molecular weight excluding hydrogens is 234 g/mol. The van der Waals surface area contributed by atoms with E-state index in [0.717, 1.165) is 0 Å². The Balaban J connectivity index is 4.50. The molecule has 0 heterocycles. The molecule has 0 aromatic heterocycles. The summed E-state index contributed by atoms with van der Waals surface area (Å²) in [4.78, 5) is 1.91. The van der Waals surface area contributed by atoms with Gasteiger partial charge in [0, 0.05) is 26.7 Å². The van der Waals surface area contributed by atoms with Crippen LogP contribution in [-0.2, 0) is 18.9 Å². The van der Waals surface area contributed by atoms with Gasteiger partial charge in [-0.05, 0) is 41.7 Å². The van der Waals surface area contributed by atoms with Crippen molar-refractivity contribution in [3.05, 3.63) is 0 Å². The Kier molecular flexibility index (Phi) is 8.73. The molecule has 0 saturated heterocycles. The number of hydrogen-bond acceptors (Lipinski definition) is 5. The van der Waals surface area contributed by atoms with Gasteiger partial charge in [0.2, 0.25) is 5.91 Å². The van der Waals surface area contributed by atoms with Gasteiger partial charge in [-0.25, -0.2) is 4.90 Å². The first-order chi connectivity index (χ1) is 8.41. The van der Waals surface area contributed by atoms with Gasteiger partial charge in [0.05, 0.1) is 0 Å². The molecule has 18 heavy (non-hydrogen) atoms. The highest BCUT2D eigenvalue weighted by Gasteiger charge is 2.34. The van der Waals surface area contributed by atoms with Crippen LogP contribution in [0.3, 0.4) is 0 Å². The summed E-state index contributed by atoms with van der Waals surface area (Å²) in [6.07, 6.45) is -0.422. The molecule has 0 aliphatic rings. The summed E-state index contributed by atoms with van der Waals surface area (Å²) in [5.74, 6) is -0.783. The van der Waals surface area contributed by atoms with Crippen molar-refractivity contribution in [3.8, 4) is 0 Å². The van der Waals surface area contributed by atoms with E-state index >= 15 is 0 Å². The summed E-state index contributed by atoms with van der Waals surface area (Å²) >= 11 is 0. The first-order valence-corrected chi connectivity index (χ1v) is 6.69. The predicted octanol–water partition coefficient (Wildman–Crippen LogP) is 2.41. The maximum absolute atomic E-state index is 5.74. The van der Waals surface area contributed by atoms with Crippen LogP contribution in [0, 0.1) is 0 Å². The SMILES string of the molecule is CCOC(C)OC(C)N(C)C(C)(OCC)OCC. The van der Waals surface area contributed by atoms with Crippen LogP contribution in [0.25, 0.3) is 0 Å². The summed E-state index contributed by atoms with van der Waals surface area (Å²) in [5, 5.41) is 0. The van der Waals surface area contributed by atoms with Crippen LogP contribution in [0.5, 0.6) is 0 Å². The summed E-state index contributed by atoms with van der Waals surface area (Å²) in [6, 6.07) is 0. The largest absolute Gasteiger partial charge is 0.353 e. The van der Waals surface area contributed by atoms with Crippen LogP contribution in [0.4, 0.5) is 0 Å². The van der Waals surface area contributed by atoms with Crippen LogP contribution < -0.4 is 0 Å². The van der Waals surface area contributed by atoms with E-state index in [9.17, 15) is 0 Å². The third-order valence-electron chi connectivity index (χ3n) is 2.80. The maximum Gasteiger partial charge on any atom is 0.228 e. The van der Waals surface area contributed by atoms with Gasteiger partial charge in [-0.3, -0.25) is 0 Å². The molecule has 2 unspecified atom stereocenters. The molecule has 110 valence electrons. The zero-order valence-corrected chi connectivity index (χ0v) is 12.9. The van der Waals surface area contributed by atoms with Crippen LogP contribution >= 0.6 is 0 Å². The Bertz CT molecular complexity index is 207. The van der Waals surface area contributed by atoms with E-state index in [1.807, 2.05) is 53.5 Å². The van der Waals surface area contributed by atoms with E-state index in [1.165, 1.54) is 0 Å². The number of rotatable bonds is 10. The lowest BCUT2D eigenvalue weighted by Gasteiger charge is -2.41. The Hall–Kier alpha value is -0.200. The van der Waals surface area contributed by atoms with Crippen LogP contribution in [0.15, 0.2) is 0 Å². The minimum atomic E-state index is -0.783. The van der Waals surface area contributed by atoms with E-state index in [0.29, 0.717) is 19.8 Å². The zero-order chi connectivity index (χ0) is 14.2. The Morgan fingerprint density at radius 3 is 1.89 bits per heavy atom. The molecule has 0 aliphatic carbocycles. The lowest BCUT2D eigenvalue weighted by Crippen LogP contribution is -2.53. The van der Waals surface area contributed by atoms with Gasteiger partial charge in [0.15, 0.2) is 6.29 Å². The highest BCUT2D eigenvalue weighted by atomic mass is 16.7. The lowest BCUT2D eigenvalue weighted by atomic mass is 10.4. The Morgan fingerprint density at radius 1 is 1.00 bits per heavy atom. The maximum atomic E-state index is 5.74. The smallest absolute Gasteiger partial charge is 0.228 e. The molecule has 0 rings (SSSR count). The zero-order valence-electron chi connectivity index (χ0n) is 12.9. The molecule has 0 fully saturated rings. The fourth-order valence-electron chi connectivity index (χ4n) is 1.75. The molecule has 0 aromatic carbocycles. The quantitative estimate of drug-likeness (QED) is 0.566. The van der Waals surface area contributed by atoms with E-state index in [-0.39, 0.29) is 12.5 Å². The molecule has 0 aromatic rings. The van der Waals surface area contributed by atoms with Crippen molar-refractivity contribution in [3.63, 3.8) is 0 Å². The van der Waals surface area contributed by atoms with E-state index < -0.39 is 5.91 Å². The average molecular weight is 263 g/mol. The van der Waals surface area contributed by atoms with Gasteiger partial charge in [0.1, 0.15) is 6.23 Å². The molecule has 2 atom stereocenters. The second kappa shape index (κ2) is 8.82. The second-order valence-corrected chi connectivity index (χ2v) is 4.13. The predicted molar refractivity (Wildman–Crippen MR) is 71.1 cm³/mol. The monoisotopic (exact) mass is 263 g/mol. The molecule has 5 heteroatoms. The Labute approximate surface area is 111 Å². The molecule has 0 saturated carbocycles. The number of hydrogen-bond donors (Lipinski definition) is 0. The molecule has 0 spiro atoms. The van der Waals surface area contributed by atoms with Crippen LogP contribution in [0.2, 0.25) is 0 Å². The molecule has 0 amide bonds. The summed E-state index contributed by atoms with van der Waals surface area (Å²) in [6.45, 7) is 13.3. The molecule has 0 radical (unpaired) electrons. The molecule has 5 nitrogen and oxygen atoms in total. The van der Waals surface area contributed by atoms with Crippen molar-refractivity contribution < 1.29 is 18.9 Å². The highest BCUT2D eigenvalue weighted by Crippen LogP contribution is 2.21. The highest BCUT2D eigenvalue weighted by molar-refractivity contribution is 4.65. The Morgan fingerprint density at radius 2 is 1.50 bits per heavy atom. The topological polar surface area (TPSA) is 40.2 Å². The van der Waals surface area contributed by atoms with E-state index in [2.05, 4.69) is 0 Å². The van der Waals surface area contributed by atoms with Crippen LogP contribution in [-0.4, -0.2) is 50.2 Å². The van der Waals surface area contributed by atoms with Gasteiger partial charge in [0.25, 0.3) is 0 Å². The third-order valence-corrected chi connectivity index (χ3v) is 2.80. The van der Waals surface area contributed by atoms with Crippen LogP contribution in [0.1, 0.15) is 41.5 Å². The molecule has 0 N–H and O–H groups in total. The molecular formula is C13H29NO4. The normalized spacial score (nSPS) is 16.0. The fraction of sp³-hybridized carbons (Fsp3) is 1.00. The second-order valence-electron chi connectivity index (χ2n) is 4.13. The van der Waals surface area contributed by atoms with E-state index in [4.69, 9.17) is 18.9 Å². The van der Waals surface area contributed by atoms with Gasteiger partial charge < -0.3 is 18.9 Å². The van der Waals surface area contributed by atoms with Crippen molar-refractivity contribution in [1.29, 1.82) is 0 Å². The summed E-state index contributed by atoms with van der Waals surface area (Å²) in [5.41, 5.74) is 0. The molecule has 0 aliphatic heterocycles. The lowest BCUT2D eigenvalue weighted by molar-refractivity contribution is -0.336. The first-order valence-electron chi connectivity index (χ1n) is 6.69. The van der Waals surface area contributed by atoms with E-state index in [1.54, 1.807) is 0 Å². The molecule has 0 bridgehead atoms. The van der Waals surface area contributed by atoms with Crippen molar-refractivity contribution in [2.45, 2.75) is 60.0 Å². The average Bonchev–Trinajstić information content (AvgIpc) is 2.28. The first kappa shape index (κ1) is 17.8. The van der Waals surface area contributed by atoms with Gasteiger partial charge >= 0.3 is 0 Å². The van der Waals surface area contributed by atoms with Crippen molar-refractivity contribution >= 4 is 0 Å². The number of nitrogens with zero attached hydrogens (tertiary/aromatic N) is 1. The minimum absolute atomic E-state index is 0.172.